The Morgan fingerprint density at radius 3 is 2.52 bits per heavy atom. The fourth-order valence-corrected chi connectivity index (χ4v) is 6.66. The predicted molar refractivity (Wildman–Crippen MR) is 159 cm³/mol. The fraction of sp³-hybridized carbons (Fsp3) is 0.414. The summed E-state index contributed by atoms with van der Waals surface area (Å²) >= 11 is 6.44. The number of nitrogens with zero attached hydrogens (tertiary/aromatic N) is 3. The van der Waals surface area contributed by atoms with Gasteiger partial charge in [-0.1, -0.05) is 43.6 Å². The Bertz CT molecular complexity index is 1590. The normalized spacial score (nSPS) is 19.8. The van der Waals surface area contributed by atoms with Crippen molar-refractivity contribution in [1.29, 1.82) is 0 Å². The van der Waals surface area contributed by atoms with Crippen LogP contribution in [0.15, 0.2) is 59.9 Å². The van der Waals surface area contributed by atoms with E-state index in [0.29, 0.717) is 24.8 Å². The van der Waals surface area contributed by atoms with E-state index in [0.717, 1.165) is 30.6 Å². The average molecular weight is 657 g/mol. The largest absolute Gasteiger partial charge is 0.416 e. The van der Waals surface area contributed by atoms with Crippen LogP contribution in [-0.2, 0) is 21.0 Å². The van der Waals surface area contributed by atoms with Gasteiger partial charge in [0.15, 0.2) is 0 Å². The molecule has 1 unspecified atom stereocenters. The van der Waals surface area contributed by atoms with E-state index in [9.17, 15) is 26.4 Å². The van der Waals surface area contributed by atoms with Crippen molar-refractivity contribution in [3.63, 3.8) is 0 Å². The number of nitrogens with one attached hydrogen (secondary N) is 2. The zero-order valence-electron chi connectivity index (χ0n) is 24.1. The van der Waals surface area contributed by atoms with Gasteiger partial charge in [0, 0.05) is 19.3 Å². The number of nitrogens with two attached hydrogens (primary N) is 1. The molecule has 1 aromatic heterocycles. The number of halogens is 5. The zero-order valence-corrected chi connectivity index (χ0v) is 25.7. The Morgan fingerprint density at radius 1 is 1.16 bits per heavy atom. The van der Waals surface area contributed by atoms with E-state index in [1.165, 1.54) is 23.2 Å². The van der Waals surface area contributed by atoms with Gasteiger partial charge in [-0.25, -0.2) is 22.8 Å². The number of hydrogen-bond donors (Lipinski definition) is 3. The number of anilines is 2. The maximum atomic E-state index is 15.3. The molecule has 0 radical (unpaired) electrons. The van der Waals surface area contributed by atoms with Crippen molar-refractivity contribution in [1.82, 2.24) is 14.9 Å². The summed E-state index contributed by atoms with van der Waals surface area (Å²) in [5.41, 5.74) is 5.98. The molecule has 1 aliphatic carbocycles. The second kappa shape index (κ2) is 13.2. The van der Waals surface area contributed by atoms with E-state index in [-0.39, 0.29) is 34.3 Å². The lowest BCUT2D eigenvalue weighted by Crippen LogP contribution is -2.55. The number of sulfonamides is 1. The van der Waals surface area contributed by atoms with Crippen molar-refractivity contribution in [2.75, 3.05) is 17.1 Å². The summed E-state index contributed by atoms with van der Waals surface area (Å²) in [4.78, 5) is 21.6. The highest BCUT2D eigenvalue weighted by Crippen LogP contribution is 2.40. The van der Waals surface area contributed by atoms with Gasteiger partial charge >= 0.3 is 6.18 Å². The molecular formula is C29H33ClF4N6O3S. The topological polar surface area (TPSA) is 130 Å². The van der Waals surface area contributed by atoms with Gasteiger partial charge in [-0.05, 0) is 60.9 Å². The summed E-state index contributed by atoms with van der Waals surface area (Å²) in [6, 6.07) is 6.45. The van der Waals surface area contributed by atoms with E-state index in [1.807, 2.05) is 0 Å². The summed E-state index contributed by atoms with van der Waals surface area (Å²) in [6.07, 6.45) is -0.925. The molecule has 1 aliphatic rings. The van der Waals surface area contributed by atoms with Gasteiger partial charge in [0.05, 0.1) is 28.4 Å². The van der Waals surface area contributed by atoms with Crippen LogP contribution >= 0.6 is 11.6 Å². The Balaban J connectivity index is 1.63. The molecule has 0 saturated heterocycles. The molecule has 44 heavy (non-hydrogen) atoms. The lowest BCUT2D eigenvalue weighted by atomic mass is 9.77. The van der Waals surface area contributed by atoms with Crippen molar-refractivity contribution in [3.05, 3.63) is 77.0 Å². The molecule has 9 nitrogen and oxygen atoms in total. The molecule has 1 heterocycles. The van der Waals surface area contributed by atoms with Gasteiger partial charge in [0.25, 0.3) is 10.0 Å². The van der Waals surface area contributed by atoms with Crippen molar-refractivity contribution < 1.29 is 30.8 Å². The molecule has 3 aromatic rings. The Labute approximate surface area is 258 Å². The lowest BCUT2D eigenvalue weighted by Gasteiger charge is -2.43. The van der Waals surface area contributed by atoms with E-state index < -0.39 is 50.6 Å². The van der Waals surface area contributed by atoms with Gasteiger partial charge in [-0.15, -0.1) is 0 Å². The number of carbonyl (C=O) groups excluding carboxylic acids is 1. The smallest absolute Gasteiger partial charge is 0.379 e. The number of carbonyl (C=O) groups is 1. The highest BCUT2D eigenvalue weighted by Gasteiger charge is 2.39. The SMILES string of the molecule is CC(C)[C@H](N)C(=O)N(C)C1C[C@@H](c2cccc(C(F)(F)F)c2)CC[C@@H]1Nc1cc(F)c(S(=O)(=O)Nc2ccncn2)cc1Cl. The van der Waals surface area contributed by atoms with Crippen LogP contribution in [0.4, 0.5) is 29.1 Å². The highest BCUT2D eigenvalue weighted by molar-refractivity contribution is 7.92. The Kier molecular flexibility index (Phi) is 10.1. The Morgan fingerprint density at radius 2 is 1.89 bits per heavy atom. The Hall–Kier alpha value is -3.49. The van der Waals surface area contributed by atoms with E-state index in [4.69, 9.17) is 17.3 Å². The van der Waals surface area contributed by atoms with Gasteiger partial charge in [-0.2, -0.15) is 13.2 Å². The van der Waals surface area contributed by atoms with Crippen LogP contribution in [0.2, 0.25) is 5.02 Å². The standard InChI is InChI=1S/C29H33ClF4N6O3S/c1-16(2)27(35)28(41)40(3)24-12-18(17-5-4-6-19(11-17)29(32,33)34)7-8-22(24)38-23-14-21(31)25(13-20(23)30)44(42,43)39-26-9-10-36-15-37-26/h4-6,9-11,13-16,18,22,24,27,38H,7-8,12,35H2,1-3H3,(H,36,37,39)/t18-,22-,24?,27-/m0/s1. The summed E-state index contributed by atoms with van der Waals surface area (Å²) in [5, 5.41) is 3.06. The van der Waals surface area contributed by atoms with Gasteiger partial charge in [0.1, 0.15) is 22.9 Å². The van der Waals surface area contributed by atoms with Crippen LogP contribution in [0.5, 0.6) is 0 Å². The van der Waals surface area contributed by atoms with Crippen LogP contribution in [0.3, 0.4) is 0 Å². The second-order valence-corrected chi connectivity index (χ2v) is 13.2. The molecule has 0 bridgehead atoms. The van der Waals surface area contributed by atoms with E-state index >= 15 is 4.39 Å². The van der Waals surface area contributed by atoms with Crippen LogP contribution in [0.25, 0.3) is 0 Å². The molecule has 4 rings (SSSR count). The quantitative estimate of drug-likeness (QED) is 0.254. The van der Waals surface area contributed by atoms with Gasteiger partial charge in [-0.3, -0.25) is 9.52 Å². The second-order valence-electron chi connectivity index (χ2n) is 11.1. The third kappa shape index (κ3) is 7.59. The molecule has 1 fully saturated rings. The summed E-state index contributed by atoms with van der Waals surface area (Å²) in [5.74, 6) is -1.98. The lowest BCUT2D eigenvalue weighted by molar-refractivity contribution is -0.137. The fourth-order valence-electron chi connectivity index (χ4n) is 5.29. The van der Waals surface area contributed by atoms with Crippen LogP contribution < -0.4 is 15.8 Å². The molecule has 2 aromatic carbocycles. The number of alkyl halides is 3. The zero-order chi connectivity index (χ0) is 32.4. The molecular weight excluding hydrogens is 624 g/mol. The third-order valence-electron chi connectivity index (χ3n) is 7.82. The first kappa shape index (κ1) is 33.4. The van der Waals surface area contributed by atoms with E-state index in [2.05, 4.69) is 20.0 Å². The van der Waals surface area contributed by atoms with Crippen molar-refractivity contribution in [2.24, 2.45) is 11.7 Å². The third-order valence-corrected chi connectivity index (χ3v) is 9.51. The van der Waals surface area contributed by atoms with Crippen LogP contribution in [-0.4, -0.2) is 54.4 Å². The molecule has 4 N–H and O–H groups in total. The maximum Gasteiger partial charge on any atom is 0.416 e. The minimum Gasteiger partial charge on any atom is -0.379 e. The number of hydrogen-bond acceptors (Lipinski definition) is 7. The molecule has 0 aliphatic heterocycles. The number of likely N-dealkylation sites (N-methyl/N-ethyl adjacent to an activating group) is 1. The van der Waals surface area contributed by atoms with Crippen LogP contribution in [0.1, 0.15) is 50.2 Å². The number of amides is 1. The average Bonchev–Trinajstić information content (AvgIpc) is 2.97. The number of aromatic nitrogens is 2. The molecule has 1 amide bonds. The van der Waals surface area contributed by atoms with Crippen molar-refractivity contribution >= 4 is 39.0 Å². The maximum absolute atomic E-state index is 15.3. The molecule has 15 heteroatoms. The molecule has 4 atom stereocenters. The summed E-state index contributed by atoms with van der Waals surface area (Å²) < 4.78 is 83.4. The first-order chi connectivity index (χ1) is 20.6. The molecule has 238 valence electrons. The predicted octanol–water partition coefficient (Wildman–Crippen LogP) is 5.65. The van der Waals surface area contributed by atoms with Crippen molar-refractivity contribution in [2.45, 2.75) is 68.2 Å². The summed E-state index contributed by atoms with van der Waals surface area (Å²) in [6.45, 7) is 3.60. The monoisotopic (exact) mass is 656 g/mol. The first-order valence-electron chi connectivity index (χ1n) is 13.8. The van der Waals surface area contributed by atoms with Gasteiger partial charge < -0.3 is 16.0 Å². The van der Waals surface area contributed by atoms with E-state index in [1.54, 1.807) is 27.0 Å². The summed E-state index contributed by atoms with van der Waals surface area (Å²) in [7, 11) is -2.82. The first-order valence-corrected chi connectivity index (χ1v) is 15.7. The number of benzene rings is 2. The molecule has 0 spiro atoms. The van der Waals surface area contributed by atoms with Crippen molar-refractivity contribution in [3.8, 4) is 0 Å². The highest BCUT2D eigenvalue weighted by atomic mass is 35.5. The van der Waals surface area contributed by atoms with Crippen LogP contribution in [0, 0.1) is 11.7 Å². The van der Waals surface area contributed by atoms with Gasteiger partial charge in [0.2, 0.25) is 5.91 Å². The minimum absolute atomic E-state index is 0.0644. The molecule has 1 saturated carbocycles. The number of rotatable bonds is 9. The minimum atomic E-state index is -4.50.